The fraction of sp³-hybridized carbons (Fsp3) is 0.625. The summed E-state index contributed by atoms with van der Waals surface area (Å²) in [6.07, 6.45) is 0.849. The maximum absolute atomic E-state index is 6.48. The van der Waals surface area contributed by atoms with E-state index in [4.69, 9.17) is 15.2 Å². The first-order valence-corrected chi connectivity index (χ1v) is 7.25. The van der Waals surface area contributed by atoms with E-state index in [0.717, 1.165) is 38.5 Å². The van der Waals surface area contributed by atoms with Crippen LogP contribution in [0.5, 0.6) is 5.75 Å². The Morgan fingerprint density at radius 1 is 1.35 bits per heavy atom. The van der Waals surface area contributed by atoms with E-state index in [2.05, 4.69) is 30.9 Å². The smallest absolute Gasteiger partial charge is 0.119 e. The Morgan fingerprint density at radius 3 is 2.70 bits per heavy atom. The third kappa shape index (κ3) is 3.51. The molecule has 0 amide bonds. The summed E-state index contributed by atoms with van der Waals surface area (Å²) in [6, 6.07) is 8.23. The number of hydrogen-bond acceptors (Lipinski definition) is 4. The van der Waals surface area contributed by atoms with Crippen molar-refractivity contribution in [3.63, 3.8) is 0 Å². The second-order valence-corrected chi connectivity index (χ2v) is 5.92. The molecule has 1 aliphatic heterocycles. The molecule has 0 aliphatic carbocycles. The lowest BCUT2D eigenvalue weighted by Gasteiger charge is -2.44. The first-order chi connectivity index (χ1) is 9.54. The van der Waals surface area contributed by atoms with Crippen LogP contribution in [-0.2, 0) is 11.2 Å². The van der Waals surface area contributed by atoms with E-state index in [1.54, 1.807) is 7.11 Å². The van der Waals surface area contributed by atoms with Crippen molar-refractivity contribution in [1.29, 1.82) is 0 Å². The van der Waals surface area contributed by atoms with Crippen LogP contribution in [0, 0.1) is 0 Å². The highest BCUT2D eigenvalue weighted by Gasteiger charge is 2.34. The van der Waals surface area contributed by atoms with Gasteiger partial charge in [0.2, 0.25) is 0 Å². The standard InChI is InChI=1S/C16H26N2O2/c1-16(2,18-7-9-20-10-8-18)15(17)12-13-5-4-6-14(11-13)19-3/h4-6,11,15H,7-10,12,17H2,1-3H3. The molecule has 1 saturated heterocycles. The van der Waals surface area contributed by atoms with Gasteiger partial charge >= 0.3 is 0 Å². The topological polar surface area (TPSA) is 47.7 Å². The lowest BCUT2D eigenvalue weighted by molar-refractivity contribution is -0.0186. The van der Waals surface area contributed by atoms with Gasteiger partial charge in [-0.15, -0.1) is 0 Å². The fourth-order valence-corrected chi connectivity index (χ4v) is 2.68. The Morgan fingerprint density at radius 2 is 2.05 bits per heavy atom. The van der Waals surface area contributed by atoms with Crippen molar-refractivity contribution in [1.82, 2.24) is 4.90 Å². The molecule has 1 fully saturated rings. The lowest BCUT2D eigenvalue weighted by atomic mass is 9.88. The minimum Gasteiger partial charge on any atom is -0.497 e. The molecule has 0 saturated carbocycles. The van der Waals surface area contributed by atoms with E-state index in [-0.39, 0.29) is 11.6 Å². The van der Waals surface area contributed by atoms with Crippen molar-refractivity contribution < 1.29 is 9.47 Å². The first-order valence-electron chi connectivity index (χ1n) is 7.25. The highest BCUT2D eigenvalue weighted by molar-refractivity contribution is 5.29. The molecule has 2 rings (SSSR count). The SMILES string of the molecule is COc1cccc(CC(N)C(C)(C)N2CCOCC2)c1. The zero-order valence-electron chi connectivity index (χ0n) is 12.8. The summed E-state index contributed by atoms with van der Waals surface area (Å²) in [7, 11) is 1.69. The second-order valence-electron chi connectivity index (χ2n) is 5.92. The third-order valence-corrected chi connectivity index (χ3v) is 4.32. The number of nitrogens with zero attached hydrogens (tertiary/aromatic N) is 1. The van der Waals surface area contributed by atoms with Crippen LogP contribution in [0.2, 0.25) is 0 Å². The molecule has 112 valence electrons. The molecule has 0 aromatic heterocycles. The van der Waals surface area contributed by atoms with Gasteiger partial charge in [0.15, 0.2) is 0 Å². The summed E-state index contributed by atoms with van der Waals surface area (Å²) < 4.78 is 10.7. The summed E-state index contributed by atoms with van der Waals surface area (Å²) in [5.74, 6) is 0.888. The Hall–Kier alpha value is -1.10. The van der Waals surface area contributed by atoms with Gasteiger partial charge in [0, 0.05) is 24.7 Å². The van der Waals surface area contributed by atoms with Gasteiger partial charge in [0.05, 0.1) is 20.3 Å². The van der Waals surface area contributed by atoms with E-state index >= 15 is 0 Å². The molecule has 1 aliphatic rings. The Labute approximate surface area is 121 Å². The monoisotopic (exact) mass is 278 g/mol. The van der Waals surface area contributed by atoms with Gasteiger partial charge in [-0.3, -0.25) is 4.90 Å². The minimum atomic E-state index is -0.0349. The highest BCUT2D eigenvalue weighted by Crippen LogP contribution is 2.23. The minimum absolute atomic E-state index is 0.0349. The second kappa shape index (κ2) is 6.57. The van der Waals surface area contributed by atoms with Crippen molar-refractivity contribution in [3.8, 4) is 5.75 Å². The summed E-state index contributed by atoms with van der Waals surface area (Å²) in [5.41, 5.74) is 7.67. The molecular formula is C16H26N2O2. The molecule has 1 atom stereocenters. The Bertz CT molecular complexity index is 428. The van der Waals surface area contributed by atoms with E-state index in [0.29, 0.717) is 0 Å². The molecule has 1 aromatic rings. The van der Waals surface area contributed by atoms with Gasteiger partial charge in [-0.05, 0) is 38.0 Å². The number of rotatable bonds is 5. The molecule has 0 bridgehead atoms. The lowest BCUT2D eigenvalue weighted by Crippen LogP contribution is -2.59. The average Bonchev–Trinajstić information content (AvgIpc) is 2.48. The predicted molar refractivity (Wildman–Crippen MR) is 81.1 cm³/mol. The van der Waals surface area contributed by atoms with Crippen LogP contribution < -0.4 is 10.5 Å². The molecular weight excluding hydrogens is 252 g/mol. The number of hydrogen-bond donors (Lipinski definition) is 1. The molecule has 4 heteroatoms. The van der Waals surface area contributed by atoms with Crippen molar-refractivity contribution in [2.24, 2.45) is 5.73 Å². The van der Waals surface area contributed by atoms with Crippen LogP contribution in [0.25, 0.3) is 0 Å². The zero-order chi connectivity index (χ0) is 14.6. The molecule has 20 heavy (non-hydrogen) atoms. The van der Waals surface area contributed by atoms with E-state index < -0.39 is 0 Å². The Kier molecular flexibility index (Phi) is 5.02. The number of ether oxygens (including phenoxy) is 2. The summed E-state index contributed by atoms with van der Waals surface area (Å²) >= 11 is 0. The Balaban J connectivity index is 2.03. The molecule has 0 spiro atoms. The molecule has 4 nitrogen and oxygen atoms in total. The summed E-state index contributed by atoms with van der Waals surface area (Å²) in [4.78, 5) is 2.43. The van der Waals surface area contributed by atoms with Gasteiger partial charge in [0.1, 0.15) is 5.75 Å². The first kappa shape index (κ1) is 15.3. The average molecular weight is 278 g/mol. The summed E-state index contributed by atoms with van der Waals surface area (Å²) in [6.45, 7) is 7.97. The fourth-order valence-electron chi connectivity index (χ4n) is 2.68. The molecule has 0 radical (unpaired) electrons. The van der Waals surface area contributed by atoms with Gasteiger partial charge in [-0.25, -0.2) is 0 Å². The van der Waals surface area contributed by atoms with Crippen LogP contribution >= 0.6 is 0 Å². The van der Waals surface area contributed by atoms with Gasteiger partial charge < -0.3 is 15.2 Å². The largest absolute Gasteiger partial charge is 0.497 e. The molecule has 1 aromatic carbocycles. The van der Waals surface area contributed by atoms with Crippen LogP contribution in [0.4, 0.5) is 0 Å². The van der Waals surface area contributed by atoms with E-state index in [1.807, 2.05) is 12.1 Å². The maximum Gasteiger partial charge on any atom is 0.119 e. The van der Waals surface area contributed by atoms with Crippen molar-refractivity contribution in [2.75, 3.05) is 33.4 Å². The van der Waals surface area contributed by atoms with Crippen LogP contribution in [0.15, 0.2) is 24.3 Å². The molecule has 2 N–H and O–H groups in total. The highest BCUT2D eigenvalue weighted by atomic mass is 16.5. The van der Waals surface area contributed by atoms with Gasteiger partial charge in [-0.2, -0.15) is 0 Å². The van der Waals surface area contributed by atoms with Crippen LogP contribution in [0.1, 0.15) is 19.4 Å². The van der Waals surface area contributed by atoms with Gasteiger partial charge in [0.25, 0.3) is 0 Å². The van der Waals surface area contributed by atoms with Crippen LogP contribution in [-0.4, -0.2) is 49.9 Å². The van der Waals surface area contributed by atoms with Crippen LogP contribution in [0.3, 0.4) is 0 Å². The normalized spacial score (nSPS) is 18.8. The number of methoxy groups -OCH3 is 1. The van der Waals surface area contributed by atoms with Gasteiger partial charge in [-0.1, -0.05) is 12.1 Å². The molecule has 1 heterocycles. The maximum atomic E-state index is 6.48. The number of morpholine rings is 1. The van der Waals surface area contributed by atoms with Crippen molar-refractivity contribution in [2.45, 2.75) is 31.8 Å². The molecule has 1 unspecified atom stereocenters. The van der Waals surface area contributed by atoms with E-state index in [9.17, 15) is 0 Å². The number of benzene rings is 1. The van der Waals surface area contributed by atoms with E-state index in [1.165, 1.54) is 5.56 Å². The summed E-state index contributed by atoms with van der Waals surface area (Å²) in [5, 5.41) is 0. The van der Waals surface area contributed by atoms with Crippen molar-refractivity contribution >= 4 is 0 Å². The predicted octanol–water partition coefficient (Wildman–Crippen LogP) is 1.68. The third-order valence-electron chi connectivity index (χ3n) is 4.32. The zero-order valence-corrected chi connectivity index (χ0v) is 12.8. The van der Waals surface area contributed by atoms with Crippen molar-refractivity contribution in [3.05, 3.63) is 29.8 Å². The number of nitrogens with two attached hydrogens (primary N) is 1. The quantitative estimate of drug-likeness (QED) is 0.890.